The molecule has 10 heteroatoms. The summed E-state index contributed by atoms with van der Waals surface area (Å²) in [4.78, 5) is 25.6. The van der Waals surface area contributed by atoms with E-state index in [-0.39, 0.29) is 11.2 Å². The monoisotopic (exact) mass is 424 g/mol. The van der Waals surface area contributed by atoms with Crippen LogP contribution in [0.25, 0.3) is 11.0 Å². The molecule has 0 spiro atoms. The van der Waals surface area contributed by atoms with Crippen molar-refractivity contribution in [3.8, 4) is 5.75 Å². The van der Waals surface area contributed by atoms with Crippen molar-refractivity contribution in [2.24, 2.45) is 7.05 Å². The summed E-state index contributed by atoms with van der Waals surface area (Å²) < 4.78 is 6.87. The summed E-state index contributed by atoms with van der Waals surface area (Å²) in [6, 6.07) is 13.9. The SMILES string of the molecule is COc1ccc(N(C(=O)O)c2nc3cc(Nc4ccnc(Cl)n4)ccc3n2C)cc1. The molecule has 2 aromatic heterocycles. The van der Waals surface area contributed by atoms with E-state index in [1.54, 1.807) is 55.3 Å². The predicted octanol–water partition coefficient (Wildman–Crippen LogP) is 4.59. The van der Waals surface area contributed by atoms with E-state index in [1.165, 1.54) is 0 Å². The number of benzene rings is 2. The summed E-state index contributed by atoms with van der Waals surface area (Å²) in [5.41, 5.74) is 2.58. The normalized spacial score (nSPS) is 10.8. The molecule has 2 heterocycles. The van der Waals surface area contributed by atoms with Gasteiger partial charge in [0, 0.05) is 18.9 Å². The maximum atomic E-state index is 12.0. The zero-order valence-electron chi connectivity index (χ0n) is 16.1. The molecule has 4 aromatic rings. The van der Waals surface area contributed by atoms with Crippen LogP contribution in [0.5, 0.6) is 5.75 Å². The van der Waals surface area contributed by atoms with Gasteiger partial charge in [0.1, 0.15) is 11.6 Å². The Balaban J connectivity index is 1.72. The summed E-state index contributed by atoms with van der Waals surface area (Å²) in [5.74, 6) is 1.44. The molecule has 0 aliphatic rings. The van der Waals surface area contributed by atoms with Crippen molar-refractivity contribution in [1.82, 2.24) is 19.5 Å². The number of amides is 1. The third-order valence-corrected chi connectivity index (χ3v) is 4.66. The molecule has 152 valence electrons. The van der Waals surface area contributed by atoms with E-state index in [0.717, 1.165) is 16.1 Å². The van der Waals surface area contributed by atoms with Crippen LogP contribution in [0.4, 0.5) is 27.9 Å². The third-order valence-electron chi connectivity index (χ3n) is 4.48. The standard InChI is InChI=1S/C20H17ClN6O3/c1-26-16-8-3-12(23-17-9-10-22-18(21)25-17)11-15(16)24-19(26)27(20(28)29)13-4-6-14(30-2)7-5-13/h3-11H,1-2H3,(H,28,29)(H,22,23,25). The molecular formula is C20H17ClN6O3. The second-order valence-corrected chi connectivity index (χ2v) is 6.66. The largest absolute Gasteiger partial charge is 0.497 e. The average Bonchev–Trinajstić information content (AvgIpc) is 3.04. The molecule has 0 fully saturated rings. The number of methoxy groups -OCH3 is 1. The lowest BCUT2D eigenvalue weighted by atomic mass is 10.2. The van der Waals surface area contributed by atoms with Crippen LogP contribution >= 0.6 is 11.6 Å². The molecule has 0 radical (unpaired) electrons. The zero-order chi connectivity index (χ0) is 21.3. The number of fused-ring (bicyclic) bond motifs is 1. The number of carbonyl (C=O) groups is 1. The molecule has 9 nitrogen and oxygen atoms in total. The average molecular weight is 425 g/mol. The van der Waals surface area contributed by atoms with Crippen LogP contribution < -0.4 is 15.0 Å². The topological polar surface area (TPSA) is 105 Å². The number of nitrogens with zero attached hydrogens (tertiary/aromatic N) is 5. The quantitative estimate of drug-likeness (QED) is 0.451. The first kappa shape index (κ1) is 19.5. The van der Waals surface area contributed by atoms with Crippen molar-refractivity contribution in [3.63, 3.8) is 0 Å². The summed E-state index contributed by atoms with van der Waals surface area (Å²) in [5, 5.41) is 13.1. The van der Waals surface area contributed by atoms with Crippen LogP contribution in [-0.2, 0) is 7.05 Å². The third kappa shape index (κ3) is 3.70. The minimum Gasteiger partial charge on any atom is -0.497 e. The Bertz CT molecular complexity index is 1230. The first-order valence-electron chi connectivity index (χ1n) is 8.85. The molecule has 0 bridgehead atoms. The van der Waals surface area contributed by atoms with Gasteiger partial charge in [0.05, 0.1) is 23.8 Å². The van der Waals surface area contributed by atoms with Crippen molar-refractivity contribution in [3.05, 3.63) is 60.0 Å². The van der Waals surface area contributed by atoms with Gasteiger partial charge in [0.25, 0.3) is 0 Å². The fourth-order valence-electron chi connectivity index (χ4n) is 3.06. The highest BCUT2D eigenvalue weighted by atomic mass is 35.5. The molecule has 0 aliphatic heterocycles. The van der Waals surface area contributed by atoms with Crippen molar-refractivity contribution < 1.29 is 14.6 Å². The minimum absolute atomic E-state index is 0.137. The lowest BCUT2D eigenvalue weighted by Gasteiger charge is -2.18. The molecule has 2 aromatic carbocycles. The number of halogens is 1. The van der Waals surface area contributed by atoms with Gasteiger partial charge in [-0.1, -0.05) is 0 Å². The van der Waals surface area contributed by atoms with Gasteiger partial charge in [-0.15, -0.1) is 0 Å². The molecule has 30 heavy (non-hydrogen) atoms. The number of hydrogen-bond acceptors (Lipinski definition) is 6. The molecule has 1 amide bonds. The second kappa shape index (κ2) is 7.88. The maximum absolute atomic E-state index is 12.0. The van der Waals surface area contributed by atoms with Crippen molar-refractivity contribution in [2.45, 2.75) is 0 Å². The Hall–Kier alpha value is -3.85. The number of aromatic nitrogens is 4. The fraction of sp³-hybridized carbons (Fsp3) is 0.100. The van der Waals surface area contributed by atoms with Crippen molar-refractivity contribution in [1.29, 1.82) is 0 Å². The second-order valence-electron chi connectivity index (χ2n) is 6.33. The Morgan fingerprint density at radius 2 is 1.93 bits per heavy atom. The van der Waals surface area contributed by atoms with Gasteiger partial charge < -0.3 is 19.7 Å². The van der Waals surface area contributed by atoms with Crippen LogP contribution in [0.15, 0.2) is 54.7 Å². The van der Waals surface area contributed by atoms with E-state index in [0.29, 0.717) is 22.8 Å². The van der Waals surface area contributed by atoms with Crippen molar-refractivity contribution >= 4 is 51.9 Å². The van der Waals surface area contributed by atoms with Crippen LogP contribution in [0.2, 0.25) is 5.28 Å². The number of ether oxygens (including phenoxy) is 1. The summed E-state index contributed by atoms with van der Waals surface area (Å²) in [6.07, 6.45) is 0.404. The van der Waals surface area contributed by atoms with Crippen LogP contribution in [0, 0.1) is 0 Å². The van der Waals surface area contributed by atoms with Crippen LogP contribution in [0.1, 0.15) is 0 Å². The van der Waals surface area contributed by atoms with Gasteiger partial charge in [0.2, 0.25) is 11.2 Å². The lowest BCUT2D eigenvalue weighted by Crippen LogP contribution is -2.26. The number of aryl methyl sites for hydroxylation is 1. The Labute approximate surface area is 176 Å². The summed E-state index contributed by atoms with van der Waals surface area (Å²) >= 11 is 5.83. The predicted molar refractivity (Wildman–Crippen MR) is 114 cm³/mol. The Morgan fingerprint density at radius 1 is 1.17 bits per heavy atom. The van der Waals surface area contributed by atoms with E-state index >= 15 is 0 Å². The number of imidazole rings is 1. The molecule has 0 aliphatic carbocycles. The van der Waals surface area contributed by atoms with E-state index in [4.69, 9.17) is 16.3 Å². The first-order valence-corrected chi connectivity index (χ1v) is 9.23. The van der Waals surface area contributed by atoms with Gasteiger partial charge in [-0.25, -0.2) is 24.6 Å². The molecule has 0 saturated heterocycles. The van der Waals surface area contributed by atoms with Crippen LogP contribution in [0.3, 0.4) is 0 Å². The Kier molecular flexibility index (Phi) is 5.11. The number of hydrogen-bond donors (Lipinski definition) is 2. The zero-order valence-corrected chi connectivity index (χ0v) is 16.8. The van der Waals surface area contributed by atoms with E-state index < -0.39 is 6.09 Å². The van der Waals surface area contributed by atoms with Crippen LogP contribution in [-0.4, -0.2) is 37.8 Å². The highest BCUT2D eigenvalue weighted by molar-refractivity contribution is 6.28. The number of rotatable bonds is 5. The maximum Gasteiger partial charge on any atom is 0.418 e. The van der Waals surface area contributed by atoms with E-state index in [1.807, 2.05) is 18.2 Å². The molecular weight excluding hydrogens is 408 g/mol. The van der Waals surface area contributed by atoms with Gasteiger partial charge in [-0.3, -0.25) is 0 Å². The fourth-order valence-corrected chi connectivity index (χ4v) is 3.21. The minimum atomic E-state index is -1.15. The molecule has 0 atom stereocenters. The van der Waals surface area contributed by atoms with Gasteiger partial charge in [-0.2, -0.15) is 0 Å². The summed E-state index contributed by atoms with van der Waals surface area (Å²) in [6.45, 7) is 0. The lowest BCUT2D eigenvalue weighted by molar-refractivity contribution is 0.204. The molecule has 2 N–H and O–H groups in total. The Morgan fingerprint density at radius 3 is 2.60 bits per heavy atom. The highest BCUT2D eigenvalue weighted by Gasteiger charge is 2.23. The molecule has 0 saturated carbocycles. The number of anilines is 4. The smallest absolute Gasteiger partial charge is 0.418 e. The number of nitrogens with one attached hydrogen (secondary N) is 1. The molecule has 0 unspecified atom stereocenters. The van der Waals surface area contributed by atoms with E-state index in [9.17, 15) is 9.90 Å². The van der Waals surface area contributed by atoms with E-state index in [2.05, 4.69) is 20.3 Å². The summed E-state index contributed by atoms with van der Waals surface area (Å²) in [7, 11) is 3.32. The van der Waals surface area contributed by atoms with Crippen molar-refractivity contribution in [2.75, 3.05) is 17.3 Å². The number of carboxylic acid groups (broad SMARTS) is 1. The first-order chi connectivity index (χ1) is 14.5. The highest BCUT2D eigenvalue weighted by Crippen LogP contribution is 2.30. The van der Waals surface area contributed by atoms with Gasteiger partial charge in [-0.05, 0) is 60.1 Å². The van der Waals surface area contributed by atoms with Gasteiger partial charge in [0.15, 0.2) is 0 Å². The molecule has 4 rings (SSSR count). The van der Waals surface area contributed by atoms with Gasteiger partial charge >= 0.3 is 6.09 Å².